The lowest BCUT2D eigenvalue weighted by Gasteiger charge is -2.07. The van der Waals surface area contributed by atoms with Gasteiger partial charge < -0.3 is 5.32 Å². The van der Waals surface area contributed by atoms with Crippen molar-refractivity contribution in [3.8, 4) is 16.9 Å². The minimum atomic E-state index is -0.390. The second-order valence-corrected chi connectivity index (χ2v) is 6.42. The molecule has 0 spiro atoms. The molecule has 2 N–H and O–H groups in total. The van der Waals surface area contributed by atoms with Crippen LogP contribution in [0.25, 0.3) is 16.9 Å². The Hall–Kier alpha value is -3.87. The first kappa shape index (κ1) is 17.5. The van der Waals surface area contributed by atoms with Crippen LogP contribution in [0.15, 0.2) is 71.7 Å². The van der Waals surface area contributed by atoms with Gasteiger partial charge in [-0.2, -0.15) is 5.10 Å². The highest BCUT2D eigenvalue weighted by molar-refractivity contribution is 6.08. The molecule has 4 rings (SSSR count). The van der Waals surface area contributed by atoms with Crippen molar-refractivity contribution in [1.82, 2.24) is 19.6 Å². The van der Waals surface area contributed by atoms with Crippen LogP contribution < -0.4 is 10.9 Å². The first-order chi connectivity index (χ1) is 13.6. The fraction of sp³-hybridized carbons (Fsp3) is 0.0952. The highest BCUT2D eigenvalue weighted by Crippen LogP contribution is 2.22. The minimum Gasteiger partial charge on any atom is -0.316 e. The normalized spacial score (nSPS) is 10.8. The van der Waals surface area contributed by atoms with Crippen molar-refractivity contribution in [3.05, 3.63) is 88.5 Å². The molecule has 2 heterocycles. The zero-order chi connectivity index (χ0) is 19.7. The predicted octanol–water partition coefficient (Wildman–Crippen LogP) is 3.13. The Morgan fingerprint density at radius 2 is 1.68 bits per heavy atom. The van der Waals surface area contributed by atoms with Gasteiger partial charge in [-0.25, -0.2) is 4.68 Å². The van der Waals surface area contributed by atoms with Gasteiger partial charge in [-0.3, -0.25) is 19.4 Å². The summed E-state index contributed by atoms with van der Waals surface area (Å²) in [4.78, 5) is 25.9. The monoisotopic (exact) mass is 373 g/mol. The number of benzene rings is 2. The molecule has 2 aromatic carbocycles. The molecule has 0 atom stereocenters. The van der Waals surface area contributed by atoms with E-state index in [1.54, 1.807) is 18.7 Å². The molecular weight excluding hydrogens is 354 g/mol. The van der Waals surface area contributed by atoms with E-state index in [2.05, 4.69) is 15.5 Å². The summed E-state index contributed by atoms with van der Waals surface area (Å²) in [5.41, 5.74) is 3.17. The number of H-pyrrole nitrogens is 1. The third-order valence-electron chi connectivity index (χ3n) is 4.74. The van der Waals surface area contributed by atoms with Crippen LogP contribution in [0.1, 0.15) is 16.1 Å². The molecule has 0 aliphatic rings. The lowest BCUT2D eigenvalue weighted by molar-refractivity contribution is 0.102. The van der Waals surface area contributed by atoms with Gasteiger partial charge in [0.2, 0.25) is 0 Å². The average molecular weight is 373 g/mol. The fourth-order valence-electron chi connectivity index (χ4n) is 3.18. The van der Waals surface area contributed by atoms with Gasteiger partial charge in [0, 0.05) is 12.6 Å². The Bertz CT molecular complexity index is 1190. The smallest absolute Gasteiger partial charge is 0.295 e. The number of hydrogen-bond acceptors (Lipinski definition) is 3. The lowest BCUT2D eigenvalue weighted by Crippen LogP contribution is -2.23. The maximum absolute atomic E-state index is 13.0. The van der Waals surface area contributed by atoms with Gasteiger partial charge in [-0.05, 0) is 19.1 Å². The molecule has 2 aromatic heterocycles. The molecule has 28 heavy (non-hydrogen) atoms. The first-order valence-electron chi connectivity index (χ1n) is 8.82. The quantitative estimate of drug-likeness (QED) is 0.576. The number of aromatic nitrogens is 4. The summed E-state index contributed by atoms with van der Waals surface area (Å²) < 4.78 is 3.25. The lowest BCUT2D eigenvalue weighted by atomic mass is 10.1. The third kappa shape index (κ3) is 2.92. The van der Waals surface area contributed by atoms with Crippen LogP contribution in [0.3, 0.4) is 0 Å². The molecule has 1 amide bonds. The highest BCUT2D eigenvalue weighted by Gasteiger charge is 2.21. The van der Waals surface area contributed by atoms with Crippen LogP contribution in [0.2, 0.25) is 0 Å². The minimum absolute atomic E-state index is 0.247. The summed E-state index contributed by atoms with van der Waals surface area (Å²) in [6.45, 7) is 1.80. The number of hydrogen-bond donors (Lipinski definition) is 2. The molecule has 7 nitrogen and oxygen atoms in total. The topological polar surface area (TPSA) is 84.7 Å². The Balaban J connectivity index is 1.71. The second kappa shape index (κ2) is 7.03. The van der Waals surface area contributed by atoms with Crippen LogP contribution in [0.5, 0.6) is 0 Å². The number of carbonyl (C=O) groups is 1. The van der Waals surface area contributed by atoms with Crippen LogP contribution in [0.4, 0.5) is 5.69 Å². The van der Waals surface area contributed by atoms with E-state index in [1.807, 2.05) is 60.7 Å². The number of rotatable bonds is 4. The van der Waals surface area contributed by atoms with Gasteiger partial charge in [0.05, 0.1) is 28.8 Å². The number of carbonyl (C=O) groups excluding carboxylic acids is 1. The molecule has 4 aromatic rings. The number of nitrogens with one attached hydrogen (secondary N) is 2. The van der Waals surface area contributed by atoms with E-state index in [9.17, 15) is 9.59 Å². The number of anilines is 1. The van der Waals surface area contributed by atoms with E-state index < -0.39 is 5.91 Å². The Labute approximate surface area is 161 Å². The Morgan fingerprint density at radius 1 is 1.04 bits per heavy atom. The summed E-state index contributed by atoms with van der Waals surface area (Å²) in [5, 5.41) is 9.63. The van der Waals surface area contributed by atoms with Crippen molar-refractivity contribution in [3.63, 3.8) is 0 Å². The number of amides is 1. The summed E-state index contributed by atoms with van der Waals surface area (Å²) in [5.74, 6) is -0.390. The Kier molecular flexibility index (Phi) is 4.41. The molecule has 0 bridgehead atoms. The molecule has 0 unspecified atom stereocenters. The van der Waals surface area contributed by atoms with E-state index in [0.29, 0.717) is 17.0 Å². The average Bonchev–Trinajstić information content (AvgIpc) is 3.29. The number of nitrogens with zero attached hydrogens (tertiary/aromatic N) is 3. The van der Waals surface area contributed by atoms with E-state index in [0.717, 1.165) is 11.3 Å². The molecule has 7 heteroatoms. The van der Waals surface area contributed by atoms with Crippen molar-refractivity contribution in [2.45, 2.75) is 6.92 Å². The molecule has 0 aliphatic heterocycles. The zero-order valence-corrected chi connectivity index (χ0v) is 15.5. The molecule has 0 saturated carbocycles. The SMILES string of the molecule is Cc1c(NC(=O)c2cn[nH]c2-c2ccccc2)c(=O)n(-c2ccccc2)n1C. The van der Waals surface area contributed by atoms with Crippen molar-refractivity contribution in [1.29, 1.82) is 0 Å². The largest absolute Gasteiger partial charge is 0.316 e. The highest BCUT2D eigenvalue weighted by atomic mass is 16.2. The van der Waals surface area contributed by atoms with Crippen molar-refractivity contribution in [2.24, 2.45) is 7.05 Å². The molecule has 0 fully saturated rings. The molecule has 140 valence electrons. The summed E-state index contributed by atoms with van der Waals surface area (Å²) >= 11 is 0. The van der Waals surface area contributed by atoms with Gasteiger partial charge in [0.15, 0.2) is 0 Å². The van der Waals surface area contributed by atoms with Gasteiger partial charge >= 0.3 is 0 Å². The van der Waals surface area contributed by atoms with Crippen LogP contribution in [0, 0.1) is 6.92 Å². The van der Waals surface area contributed by atoms with E-state index in [1.165, 1.54) is 10.9 Å². The van der Waals surface area contributed by atoms with Gasteiger partial charge in [-0.1, -0.05) is 48.5 Å². The van der Waals surface area contributed by atoms with E-state index in [-0.39, 0.29) is 11.2 Å². The first-order valence-corrected chi connectivity index (χ1v) is 8.82. The number of para-hydroxylation sites is 1. The maximum Gasteiger partial charge on any atom is 0.295 e. The zero-order valence-electron chi connectivity index (χ0n) is 15.5. The van der Waals surface area contributed by atoms with Crippen LogP contribution >= 0.6 is 0 Å². The maximum atomic E-state index is 13.0. The summed E-state index contributed by atoms with van der Waals surface area (Å²) in [7, 11) is 1.78. The fourth-order valence-corrected chi connectivity index (χ4v) is 3.18. The van der Waals surface area contributed by atoms with Gasteiger partial charge in [0.25, 0.3) is 11.5 Å². The van der Waals surface area contributed by atoms with E-state index in [4.69, 9.17) is 0 Å². The van der Waals surface area contributed by atoms with Crippen LogP contribution in [-0.2, 0) is 7.05 Å². The van der Waals surface area contributed by atoms with Crippen LogP contribution in [-0.4, -0.2) is 25.5 Å². The molecular formula is C21H19N5O2. The standard InChI is InChI=1S/C21H19N5O2/c1-14-18(21(28)26(25(14)2)16-11-7-4-8-12-16)23-20(27)17-13-22-24-19(17)15-9-5-3-6-10-15/h3-13H,1-2H3,(H,22,24)(H,23,27). The summed E-state index contributed by atoms with van der Waals surface area (Å²) in [6.07, 6.45) is 1.46. The second-order valence-electron chi connectivity index (χ2n) is 6.42. The van der Waals surface area contributed by atoms with Crippen molar-refractivity contribution < 1.29 is 4.79 Å². The van der Waals surface area contributed by atoms with Crippen molar-refractivity contribution in [2.75, 3.05) is 5.32 Å². The Morgan fingerprint density at radius 3 is 2.36 bits per heavy atom. The van der Waals surface area contributed by atoms with Gasteiger partial charge in [0.1, 0.15) is 5.69 Å². The molecule has 0 radical (unpaired) electrons. The summed E-state index contributed by atoms with van der Waals surface area (Å²) in [6, 6.07) is 18.7. The predicted molar refractivity (Wildman–Crippen MR) is 108 cm³/mol. The molecule has 0 saturated heterocycles. The molecule has 0 aliphatic carbocycles. The van der Waals surface area contributed by atoms with Gasteiger partial charge in [-0.15, -0.1) is 0 Å². The van der Waals surface area contributed by atoms with Crippen molar-refractivity contribution >= 4 is 11.6 Å². The number of aromatic amines is 1. The third-order valence-corrected chi connectivity index (χ3v) is 4.74. The van der Waals surface area contributed by atoms with E-state index >= 15 is 0 Å².